The number of ether oxygens (including phenoxy) is 1. The van der Waals surface area contributed by atoms with Crippen molar-refractivity contribution in [2.75, 3.05) is 13.2 Å². The maximum absolute atomic E-state index is 10.6. The molecule has 7 nitrogen and oxygen atoms in total. The molecular weight excluding hydrogens is 518 g/mol. The standard InChI is InChI=1S/C18H22N2OS.2C2HF3O2/c1-3-8-21-13-16-10-19-9-15-11-20(7-6-18(15)16)12-17-5-4-14(2)22-17;2*3-2(4,5)1(6)7/h3-5,9-10H,1,6-8,11-13H2,2H3;2*(H,6,7). The first-order chi connectivity index (χ1) is 16.6. The van der Waals surface area contributed by atoms with Crippen molar-refractivity contribution in [3.8, 4) is 0 Å². The fourth-order valence-corrected chi connectivity index (χ4v) is 3.86. The zero-order valence-electron chi connectivity index (χ0n) is 19.0. The van der Waals surface area contributed by atoms with E-state index in [4.69, 9.17) is 24.5 Å². The largest absolute Gasteiger partial charge is 0.490 e. The van der Waals surface area contributed by atoms with Gasteiger partial charge in [-0.3, -0.25) is 9.88 Å². The molecule has 0 fully saturated rings. The molecule has 2 aromatic heterocycles. The van der Waals surface area contributed by atoms with E-state index in [0.717, 1.165) is 26.1 Å². The van der Waals surface area contributed by atoms with Gasteiger partial charge in [0.25, 0.3) is 0 Å². The van der Waals surface area contributed by atoms with Crippen LogP contribution in [0.3, 0.4) is 0 Å². The van der Waals surface area contributed by atoms with Crippen molar-refractivity contribution in [2.45, 2.75) is 45.4 Å². The Hall–Kier alpha value is -2.97. The van der Waals surface area contributed by atoms with Crippen molar-refractivity contribution in [1.29, 1.82) is 0 Å². The van der Waals surface area contributed by atoms with Crippen molar-refractivity contribution in [2.24, 2.45) is 0 Å². The minimum absolute atomic E-state index is 0.591. The molecule has 0 spiro atoms. The molecule has 1 aliphatic rings. The van der Waals surface area contributed by atoms with Gasteiger partial charge in [-0.25, -0.2) is 9.59 Å². The molecule has 14 heteroatoms. The van der Waals surface area contributed by atoms with Crippen molar-refractivity contribution < 1.29 is 50.9 Å². The van der Waals surface area contributed by atoms with Crippen LogP contribution in [-0.2, 0) is 40.4 Å². The molecule has 2 aromatic rings. The number of carboxylic acids is 2. The summed E-state index contributed by atoms with van der Waals surface area (Å²) in [5, 5.41) is 14.2. The predicted molar refractivity (Wildman–Crippen MR) is 118 cm³/mol. The van der Waals surface area contributed by atoms with Crippen LogP contribution in [0.2, 0.25) is 0 Å². The molecule has 1 aliphatic heterocycles. The number of pyridine rings is 1. The Bertz CT molecular complexity index is 999. The number of fused-ring (bicyclic) bond motifs is 1. The normalized spacial score (nSPS) is 13.4. The number of aryl methyl sites for hydroxylation is 1. The smallest absolute Gasteiger partial charge is 0.475 e. The third-order valence-electron chi connectivity index (χ3n) is 4.46. The summed E-state index contributed by atoms with van der Waals surface area (Å²) in [6.45, 7) is 10.2. The van der Waals surface area contributed by atoms with E-state index < -0.39 is 24.3 Å². The number of carbonyl (C=O) groups is 2. The molecule has 3 rings (SSSR count). The molecule has 200 valence electrons. The molecule has 0 amide bonds. The first-order valence-corrected chi connectivity index (χ1v) is 11.0. The highest BCUT2D eigenvalue weighted by molar-refractivity contribution is 7.11. The Balaban J connectivity index is 0.000000383. The number of hydrogen-bond donors (Lipinski definition) is 2. The molecule has 0 aromatic carbocycles. The van der Waals surface area contributed by atoms with Gasteiger partial charge in [0, 0.05) is 41.8 Å². The van der Waals surface area contributed by atoms with Crippen molar-refractivity contribution in [3.05, 3.63) is 63.6 Å². The lowest BCUT2D eigenvalue weighted by atomic mass is 9.97. The molecule has 0 atom stereocenters. The van der Waals surface area contributed by atoms with E-state index in [0.29, 0.717) is 13.2 Å². The highest BCUT2D eigenvalue weighted by Crippen LogP contribution is 2.25. The molecule has 36 heavy (non-hydrogen) atoms. The van der Waals surface area contributed by atoms with Crippen LogP contribution in [0.25, 0.3) is 0 Å². The van der Waals surface area contributed by atoms with Gasteiger partial charge in [-0.2, -0.15) is 26.3 Å². The van der Waals surface area contributed by atoms with E-state index in [2.05, 4.69) is 35.5 Å². The zero-order chi connectivity index (χ0) is 27.5. The summed E-state index contributed by atoms with van der Waals surface area (Å²) >= 11 is 1.89. The average Bonchev–Trinajstić information content (AvgIpc) is 3.18. The van der Waals surface area contributed by atoms with Crippen LogP contribution < -0.4 is 0 Å². The van der Waals surface area contributed by atoms with Gasteiger partial charge < -0.3 is 14.9 Å². The highest BCUT2D eigenvalue weighted by atomic mass is 32.1. The zero-order valence-corrected chi connectivity index (χ0v) is 19.8. The molecule has 0 unspecified atom stereocenters. The lowest BCUT2D eigenvalue weighted by Crippen LogP contribution is -2.30. The second-order valence-corrected chi connectivity index (χ2v) is 8.69. The van der Waals surface area contributed by atoms with Crippen LogP contribution >= 0.6 is 11.3 Å². The number of rotatable bonds is 6. The van der Waals surface area contributed by atoms with Gasteiger partial charge in [0.15, 0.2) is 0 Å². The van der Waals surface area contributed by atoms with Crippen molar-refractivity contribution in [1.82, 2.24) is 9.88 Å². The molecule has 0 saturated carbocycles. The van der Waals surface area contributed by atoms with Crippen LogP contribution in [0.1, 0.15) is 26.4 Å². The number of nitrogens with zero attached hydrogens (tertiary/aromatic N) is 2. The monoisotopic (exact) mass is 542 g/mol. The fraction of sp³-hybridized carbons (Fsp3) is 0.409. The quantitative estimate of drug-likeness (QED) is 0.302. The Morgan fingerprint density at radius 3 is 2.19 bits per heavy atom. The summed E-state index contributed by atoms with van der Waals surface area (Å²) in [5.74, 6) is -5.51. The third-order valence-corrected chi connectivity index (χ3v) is 5.45. The number of carboxylic acid groups (broad SMARTS) is 2. The van der Waals surface area contributed by atoms with Crippen LogP contribution in [0.15, 0.2) is 37.2 Å². The number of alkyl halides is 6. The number of aromatic nitrogens is 1. The summed E-state index contributed by atoms with van der Waals surface area (Å²) in [5.41, 5.74) is 4.00. The van der Waals surface area contributed by atoms with E-state index in [1.165, 1.54) is 26.4 Å². The molecule has 0 saturated heterocycles. The van der Waals surface area contributed by atoms with Gasteiger partial charge >= 0.3 is 24.3 Å². The molecule has 2 N–H and O–H groups in total. The first-order valence-electron chi connectivity index (χ1n) is 10.2. The maximum Gasteiger partial charge on any atom is 0.490 e. The Labute approximate surface area is 206 Å². The molecule has 0 aliphatic carbocycles. The second-order valence-electron chi connectivity index (χ2n) is 7.32. The minimum atomic E-state index is -5.08. The molecular formula is C22H24F6N2O5S. The fourth-order valence-electron chi connectivity index (χ4n) is 2.93. The Morgan fingerprint density at radius 1 is 1.14 bits per heavy atom. The van der Waals surface area contributed by atoms with Crippen LogP contribution in [0.4, 0.5) is 26.3 Å². The summed E-state index contributed by atoms with van der Waals surface area (Å²) in [4.78, 5) is 27.5. The minimum Gasteiger partial charge on any atom is -0.475 e. The second kappa shape index (κ2) is 13.9. The number of hydrogen-bond acceptors (Lipinski definition) is 6. The lowest BCUT2D eigenvalue weighted by molar-refractivity contribution is -0.193. The van der Waals surface area contributed by atoms with Crippen LogP contribution in [-0.4, -0.2) is 57.5 Å². The van der Waals surface area contributed by atoms with Crippen molar-refractivity contribution >= 4 is 23.3 Å². The van der Waals surface area contributed by atoms with E-state index >= 15 is 0 Å². The number of halogens is 6. The van der Waals surface area contributed by atoms with Crippen LogP contribution in [0.5, 0.6) is 0 Å². The van der Waals surface area contributed by atoms with Gasteiger partial charge in [0.1, 0.15) is 0 Å². The van der Waals surface area contributed by atoms with Gasteiger partial charge in [-0.05, 0) is 42.2 Å². The van der Waals surface area contributed by atoms with E-state index in [1.54, 1.807) is 6.08 Å². The van der Waals surface area contributed by atoms with E-state index in [1.807, 2.05) is 23.7 Å². The number of thiophene rings is 1. The molecule has 0 radical (unpaired) electrons. The SMILES string of the molecule is C=CCOCc1cncc2c1CCN(Cc1ccc(C)s1)C2.O=C(O)C(F)(F)F.O=C(O)C(F)(F)F. The third kappa shape index (κ3) is 11.2. The van der Waals surface area contributed by atoms with E-state index in [9.17, 15) is 26.3 Å². The van der Waals surface area contributed by atoms with E-state index in [-0.39, 0.29) is 0 Å². The summed E-state index contributed by atoms with van der Waals surface area (Å²) in [6.07, 6.45) is -3.35. The van der Waals surface area contributed by atoms with Gasteiger partial charge in [0.2, 0.25) is 0 Å². The maximum atomic E-state index is 10.6. The molecule has 0 bridgehead atoms. The van der Waals surface area contributed by atoms with Gasteiger partial charge in [-0.1, -0.05) is 6.08 Å². The Kier molecular flexibility index (Phi) is 12.0. The Morgan fingerprint density at radius 2 is 1.72 bits per heavy atom. The predicted octanol–water partition coefficient (Wildman–Crippen LogP) is 4.98. The highest BCUT2D eigenvalue weighted by Gasteiger charge is 2.38. The van der Waals surface area contributed by atoms with Crippen LogP contribution in [0, 0.1) is 6.92 Å². The average molecular weight is 542 g/mol. The lowest BCUT2D eigenvalue weighted by Gasteiger charge is -2.29. The summed E-state index contributed by atoms with van der Waals surface area (Å²) < 4.78 is 69.1. The first kappa shape index (κ1) is 31.1. The topological polar surface area (TPSA) is 100.0 Å². The molecule has 3 heterocycles. The summed E-state index contributed by atoms with van der Waals surface area (Å²) in [7, 11) is 0. The van der Waals surface area contributed by atoms with Crippen molar-refractivity contribution in [3.63, 3.8) is 0 Å². The number of aliphatic carboxylic acids is 2. The van der Waals surface area contributed by atoms with Gasteiger partial charge in [-0.15, -0.1) is 17.9 Å². The summed E-state index contributed by atoms with van der Waals surface area (Å²) in [6, 6.07) is 4.45. The van der Waals surface area contributed by atoms with Gasteiger partial charge in [0.05, 0.1) is 13.2 Å².